The summed E-state index contributed by atoms with van der Waals surface area (Å²) < 4.78 is 11.1. The number of hydrogen-bond donors (Lipinski definition) is 1. The Balaban J connectivity index is 1.71. The van der Waals surface area contributed by atoms with Crippen LogP contribution in [0.1, 0.15) is 25.0 Å². The molecule has 16 heavy (non-hydrogen) atoms. The van der Waals surface area contributed by atoms with Gasteiger partial charge in [-0.25, -0.2) is 0 Å². The van der Waals surface area contributed by atoms with Crippen molar-refractivity contribution in [2.24, 2.45) is 5.73 Å². The van der Waals surface area contributed by atoms with E-state index in [0.717, 1.165) is 30.9 Å². The van der Waals surface area contributed by atoms with Gasteiger partial charge in [0, 0.05) is 19.6 Å². The molecule has 88 valence electrons. The number of ether oxygens (including phenoxy) is 2. The molecule has 2 heterocycles. The van der Waals surface area contributed by atoms with Gasteiger partial charge in [-0.3, -0.25) is 4.98 Å². The van der Waals surface area contributed by atoms with Crippen molar-refractivity contribution >= 4 is 0 Å². The van der Waals surface area contributed by atoms with Gasteiger partial charge in [-0.2, -0.15) is 0 Å². The van der Waals surface area contributed by atoms with Crippen LogP contribution in [0.15, 0.2) is 18.3 Å². The molecule has 0 aliphatic carbocycles. The van der Waals surface area contributed by atoms with Crippen molar-refractivity contribution in [1.29, 1.82) is 0 Å². The number of pyridine rings is 1. The lowest BCUT2D eigenvalue weighted by molar-refractivity contribution is 0.0903. The minimum atomic E-state index is 0.385. The van der Waals surface area contributed by atoms with Gasteiger partial charge in [-0.15, -0.1) is 0 Å². The standard InChI is InChI=1S/C12H18N2O2/c13-8-10-3-4-12(9-14-10)16-7-5-11-2-1-6-15-11/h3-4,9,11H,1-2,5-8,13H2. The highest BCUT2D eigenvalue weighted by molar-refractivity contribution is 5.19. The molecule has 0 bridgehead atoms. The molecule has 0 amide bonds. The van der Waals surface area contributed by atoms with Gasteiger partial charge >= 0.3 is 0 Å². The Morgan fingerprint density at radius 3 is 3.06 bits per heavy atom. The van der Waals surface area contributed by atoms with Gasteiger partial charge in [-0.05, 0) is 25.0 Å². The zero-order valence-electron chi connectivity index (χ0n) is 9.39. The summed E-state index contributed by atoms with van der Waals surface area (Å²) in [5.41, 5.74) is 6.34. The molecule has 1 fully saturated rings. The SMILES string of the molecule is NCc1ccc(OCCC2CCCO2)cn1. The third kappa shape index (κ3) is 3.18. The van der Waals surface area contributed by atoms with E-state index in [0.29, 0.717) is 19.3 Å². The molecule has 2 rings (SSSR count). The predicted molar refractivity (Wildman–Crippen MR) is 61.2 cm³/mol. The van der Waals surface area contributed by atoms with Gasteiger partial charge in [0.25, 0.3) is 0 Å². The monoisotopic (exact) mass is 222 g/mol. The summed E-state index contributed by atoms with van der Waals surface area (Å²) in [4.78, 5) is 4.17. The first kappa shape index (κ1) is 11.4. The minimum absolute atomic E-state index is 0.385. The second-order valence-electron chi connectivity index (χ2n) is 3.96. The average Bonchev–Trinajstić information content (AvgIpc) is 2.83. The minimum Gasteiger partial charge on any atom is -0.492 e. The van der Waals surface area contributed by atoms with Gasteiger partial charge in [0.2, 0.25) is 0 Å². The van der Waals surface area contributed by atoms with Crippen LogP contribution in [0, 0.1) is 0 Å². The summed E-state index contributed by atoms with van der Waals surface area (Å²) in [7, 11) is 0. The molecular formula is C12H18N2O2. The molecule has 1 aliphatic heterocycles. The maximum Gasteiger partial charge on any atom is 0.137 e. The van der Waals surface area contributed by atoms with E-state index in [1.54, 1.807) is 6.20 Å². The van der Waals surface area contributed by atoms with E-state index in [2.05, 4.69) is 4.98 Å². The van der Waals surface area contributed by atoms with Crippen LogP contribution in [0.5, 0.6) is 5.75 Å². The van der Waals surface area contributed by atoms with Crippen molar-refractivity contribution in [2.45, 2.75) is 31.9 Å². The summed E-state index contributed by atoms with van der Waals surface area (Å²) in [6.45, 7) is 2.06. The van der Waals surface area contributed by atoms with Crippen molar-refractivity contribution in [3.63, 3.8) is 0 Å². The summed E-state index contributed by atoms with van der Waals surface area (Å²) in [5.74, 6) is 0.801. The average molecular weight is 222 g/mol. The summed E-state index contributed by atoms with van der Waals surface area (Å²) in [5, 5.41) is 0. The molecule has 1 aromatic heterocycles. The quantitative estimate of drug-likeness (QED) is 0.820. The molecule has 4 nitrogen and oxygen atoms in total. The number of rotatable bonds is 5. The van der Waals surface area contributed by atoms with Crippen LogP contribution in [0.25, 0.3) is 0 Å². The topological polar surface area (TPSA) is 57.4 Å². The van der Waals surface area contributed by atoms with Crippen LogP contribution in [0.2, 0.25) is 0 Å². The summed E-state index contributed by atoms with van der Waals surface area (Å²) >= 11 is 0. The van der Waals surface area contributed by atoms with Crippen molar-refractivity contribution in [3.05, 3.63) is 24.0 Å². The third-order valence-corrected chi connectivity index (χ3v) is 2.74. The van der Waals surface area contributed by atoms with Crippen LogP contribution in [-0.4, -0.2) is 24.3 Å². The molecule has 1 aliphatic rings. The van der Waals surface area contributed by atoms with Gasteiger partial charge < -0.3 is 15.2 Å². The number of hydrogen-bond acceptors (Lipinski definition) is 4. The van der Waals surface area contributed by atoms with Crippen LogP contribution < -0.4 is 10.5 Å². The molecule has 1 saturated heterocycles. The molecule has 4 heteroatoms. The molecule has 0 spiro atoms. The van der Waals surface area contributed by atoms with Crippen LogP contribution in [0.4, 0.5) is 0 Å². The van der Waals surface area contributed by atoms with Crippen molar-refractivity contribution in [3.8, 4) is 5.75 Å². The molecule has 2 N–H and O–H groups in total. The van der Waals surface area contributed by atoms with Crippen LogP contribution >= 0.6 is 0 Å². The fraction of sp³-hybridized carbons (Fsp3) is 0.583. The van der Waals surface area contributed by atoms with Gasteiger partial charge in [-0.1, -0.05) is 0 Å². The summed E-state index contributed by atoms with van der Waals surface area (Å²) in [6, 6.07) is 3.80. The Hall–Kier alpha value is -1.13. The van der Waals surface area contributed by atoms with E-state index in [-0.39, 0.29) is 0 Å². The molecule has 1 unspecified atom stereocenters. The molecule has 1 aromatic rings. The van der Waals surface area contributed by atoms with E-state index in [4.69, 9.17) is 15.2 Å². The largest absolute Gasteiger partial charge is 0.492 e. The van der Waals surface area contributed by atoms with Crippen molar-refractivity contribution in [1.82, 2.24) is 4.98 Å². The number of nitrogens with two attached hydrogens (primary N) is 1. The van der Waals surface area contributed by atoms with Crippen LogP contribution in [0.3, 0.4) is 0 Å². The smallest absolute Gasteiger partial charge is 0.137 e. The maximum atomic E-state index is 5.58. The van der Waals surface area contributed by atoms with Crippen molar-refractivity contribution in [2.75, 3.05) is 13.2 Å². The zero-order valence-corrected chi connectivity index (χ0v) is 9.39. The Labute approximate surface area is 95.8 Å². The van der Waals surface area contributed by atoms with Crippen LogP contribution in [-0.2, 0) is 11.3 Å². The zero-order chi connectivity index (χ0) is 11.2. The molecule has 0 radical (unpaired) electrons. The Kier molecular flexibility index (Phi) is 4.13. The highest BCUT2D eigenvalue weighted by atomic mass is 16.5. The molecule has 1 atom stereocenters. The fourth-order valence-corrected chi connectivity index (χ4v) is 1.80. The fourth-order valence-electron chi connectivity index (χ4n) is 1.80. The van der Waals surface area contributed by atoms with E-state index >= 15 is 0 Å². The normalized spacial score (nSPS) is 19.9. The first-order valence-electron chi connectivity index (χ1n) is 5.78. The number of nitrogens with zero attached hydrogens (tertiary/aromatic N) is 1. The lowest BCUT2D eigenvalue weighted by Crippen LogP contribution is -2.10. The number of aromatic nitrogens is 1. The van der Waals surface area contributed by atoms with E-state index < -0.39 is 0 Å². The van der Waals surface area contributed by atoms with E-state index in [9.17, 15) is 0 Å². The molecular weight excluding hydrogens is 204 g/mol. The van der Waals surface area contributed by atoms with Gasteiger partial charge in [0.15, 0.2) is 0 Å². The highest BCUT2D eigenvalue weighted by Crippen LogP contribution is 2.16. The van der Waals surface area contributed by atoms with E-state index in [1.165, 1.54) is 6.42 Å². The van der Waals surface area contributed by atoms with Crippen molar-refractivity contribution < 1.29 is 9.47 Å². The lowest BCUT2D eigenvalue weighted by atomic mass is 10.2. The first-order valence-corrected chi connectivity index (χ1v) is 5.78. The Bertz CT molecular complexity index is 307. The van der Waals surface area contributed by atoms with Gasteiger partial charge in [0.05, 0.1) is 24.6 Å². The molecule has 0 aromatic carbocycles. The first-order chi connectivity index (χ1) is 7.88. The van der Waals surface area contributed by atoms with Gasteiger partial charge in [0.1, 0.15) is 5.75 Å². The Morgan fingerprint density at radius 2 is 2.44 bits per heavy atom. The predicted octanol–water partition coefficient (Wildman–Crippen LogP) is 1.49. The second-order valence-corrected chi connectivity index (χ2v) is 3.96. The van der Waals surface area contributed by atoms with E-state index in [1.807, 2.05) is 12.1 Å². The second kappa shape index (κ2) is 5.82. The lowest BCUT2D eigenvalue weighted by Gasteiger charge is -2.10. The molecule has 0 saturated carbocycles. The Morgan fingerprint density at radius 1 is 1.50 bits per heavy atom. The summed E-state index contributed by atoms with van der Waals surface area (Å²) in [6.07, 6.45) is 5.40. The third-order valence-electron chi connectivity index (χ3n) is 2.74. The maximum absolute atomic E-state index is 5.58. The highest BCUT2D eigenvalue weighted by Gasteiger charge is 2.14.